The van der Waals surface area contributed by atoms with Crippen molar-refractivity contribution in [3.8, 4) is 0 Å². The van der Waals surface area contributed by atoms with Crippen LogP contribution < -0.4 is 5.32 Å². The van der Waals surface area contributed by atoms with Crippen LogP contribution in [-0.2, 0) is 0 Å². The van der Waals surface area contributed by atoms with Gasteiger partial charge in [0.2, 0.25) is 0 Å². The van der Waals surface area contributed by atoms with E-state index in [1.165, 1.54) is 57.1 Å². The summed E-state index contributed by atoms with van der Waals surface area (Å²) in [5, 5.41) is 4.82. The van der Waals surface area contributed by atoms with Gasteiger partial charge in [-0.2, -0.15) is 11.8 Å². The second-order valence-corrected chi connectivity index (χ2v) is 7.39. The molecule has 1 aliphatic heterocycles. The maximum atomic E-state index is 4.00. The summed E-state index contributed by atoms with van der Waals surface area (Å²) in [6, 6.07) is 1.57. The van der Waals surface area contributed by atoms with E-state index in [9.17, 15) is 0 Å². The van der Waals surface area contributed by atoms with Gasteiger partial charge in [0.15, 0.2) is 0 Å². The van der Waals surface area contributed by atoms with E-state index >= 15 is 0 Å². The predicted molar refractivity (Wildman–Crippen MR) is 78.7 cm³/mol. The van der Waals surface area contributed by atoms with E-state index in [1.54, 1.807) is 0 Å². The average Bonchev–Trinajstić information content (AvgIpc) is 2.39. The van der Waals surface area contributed by atoms with Crippen molar-refractivity contribution in [2.45, 2.75) is 82.5 Å². The molecule has 0 aromatic rings. The first kappa shape index (κ1) is 13.7. The maximum Gasteiger partial charge on any atom is 0.0186 e. The molecular weight excluding hydrogens is 226 g/mol. The Hall–Kier alpha value is 0.310. The molecule has 0 bridgehead atoms. The molecule has 0 spiro atoms. The van der Waals surface area contributed by atoms with Gasteiger partial charge in [-0.1, -0.05) is 33.1 Å². The highest BCUT2D eigenvalue weighted by atomic mass is 32.2. The molecule has 2 heteroatoms. The Labute approximate surface area is 112 Å². The highest BCUT2D eigenvalue weighted by Gasteiger charge is 2.28. The lowest BCUT2D eigenvalue weighted by molar-refractivity contribution is 0.239. The SMILES string of the molecule is CCC(NC1CCCSC1C)C1CCCCC1. The molecule has 1 N–H and O–H groups in total. The monoisotopic (exact) mass is 255 g/mol. The Morgan fingerprint density at radius 2 is 1.88 bits per heavy atom. The fourth-order valence-electron chi connectivity index (χ4n) is 3.54. The third-order valence-corrected chi connectivity index (χ3v) is 6.07. The Kier molecular flexibility index (Phi) is 5.68. The van der Waals surface area contributed by atoms with Gasteiger partial charge >= 0.3 is 0 Å². The van der Waals surface area contributed by atoms with Crippen LogP contribution in [0.15, 0.2) is 0 Å². The van der Waals surface area contributed by atoms with Crippen molar-refractivity contribution >= 4 is 11.8 Å². The molecule has 1 saturated carbocycles. The van der Waals surface area contributed by atoms with Crippen LogP contribution in [0.5, 0.6) is 0 Å². The summed E-state index contributed by atoms with van der Waals surface area (Å²) in [4.78, 5) is 0. The van der Waals surface area contributed by atoms with Crippen LogP contribution in [0.4, 0.5) is 0 Å². The molecule has 0 aromatic heterocycles. The van der Waals surface area contributed by atoms with Crippen LogP contribution in [0.1, 0.15) is 65.2 Å². The van der Waals surface area contributed by atoms with Gasteiger partial charge in [-0.05, 0) is 43.8 Å². The Balaban J connectivity index is 1.84. The first-order valence-electron chi connectivity index (χ1n) is 7.69. The number of thioether (sulfide) groups is 1. The summed E-state index contributed by atoms with van der Waals surface area (Å²) in [6.45, 7) is 4.78. The van der Waals surface area contributed by atoms with E-state index < -0.39 is 0 Å². The smallest absolute Gasteiger partial charge is 0.0186 e. The molecule has 3 atom stereocenters. The van der Waals surface area contributed by atoms with Gasteiger partial charge in [-0.3, -0.25) is 0 Å². The molecule has 100 valence electrons. The lowest BCUT2D eigenvalue weighted by Gasteiger charge is -2.37. The molecule has 2 rings (SSSR count). The summed E-state index contributed by atoms with van der Waals surface area (Å²) in [7, 11) is 0. The third kappa shape index (κ3) is 3.89. The number of hydrogen-bond donors (Lipinski definition) is 1. The third-order valence-electron chi connectivity index (χ3n) is 4.69. The van der Waals surface area contributed by atoms with Crippen molar-refractivity contribution in [3.63, 3.8) is 0 Å². The van der Waals surface area contributed by atoms with Crippen LogP contribution in [0, 0.1) is 5.92 Å². The minimum Gasteiger partial charge on any atom is -0.310 e. The number of hydrogen-bond acceptors (Lipinski definition) is 2. The van der Waals surface area contributed by atoms with Crippen LogP contribution in [0.2, 0.25) is 0 Å². The largest absolute Gasteiger partial charge is 0.310 e. The molecule has 3 unspecified atom stereocenters. The fraction of sp³-hybridized carbons (Fsp3) is 1.00. The topological polar surface area (TPSA) is 12.0 Å². The van der Waals surface area contributed by atoms with Gasteiger partial charge in [-0.25, -0.2) is 0 Å². The van der Waals surface area contributed by atoms with Gasteiger partial charge < -0.3 is 5.32 Å². The van der Waals surface area contributed by atoms with Gasteiger partial charge in [0, 0.05) is 17.3 Å². The first-order chi connectivity index (χ1) is 8.31. The van der Waals surface area contributed by atoms with Crippen molar-refractivity contribution in [1.82, 2.24) is 5.32 Å². The molecule has 0 aromatic carbocycles. The Morgan fingerprint density at radius 3 is 2.53 bits per heavy atom. The zero-order valence-corrected chi connectivity index (χ0v) is 12.4. The van der Waals surface area contributed by atoms with Crippen molar-refractivity contribution < 1.29 is 0 Å². The highest BCUT2D eigenvalue weighted by molar-refractivity contribution is 7.99. The van der Waals surface area contributed by atoms with E-state index in [1.807, 2.05) is 0 Å². The van der Waals surface area contributed by atoms with Crippen molar-refractivity contribution in [3.05, 3.63) is 0 Å². The molecule has 1 aliphatic carbocycles. The zero-order chi connectivity index (χ0) is 12.1. The van der Waals surface area contributed by atoms with Gasteiger partial charge in [0.05, 0.1) is 0 Å². The normalized spacial score (nSPS) is 33.5. The Morgan fingerprint density at radius 1 is 1.12 bits per heavy atom. The lowest BCUT2D eigenvalue weighted by Crippen LogP contribution is -2.48. The fourth-order valence-corrected chi connectivity index (χ4v) is 4.69. The summed E-state index contributed by atoms with van der Waals surface area (Å²) >= 11 is 2.16. The van der Waals surface area contributed by atoms with E-state index in [0.717, 1.165) is 23.3 Å². The van der Waals surface area contributed by atoms with Gasteiger partial charge in [0.1, 0.15) is 0 Å². The summed E-state index contributed by atoms with van der Waals surface area (Å²) in [5.41, 5.74) is 0. The molecule has 17 heavy (non-hydrogen) atoms. The molecule has 1 saturated heterocycles. The van der Waals surface area contributed by atoms with Crippen LogP contribution in [-0.4, -0.2) is 23.1 Å². The van der Waals surface area contributed by atoms with Crippen LogP contribution >= 0.6 is 11.8 Å². The van der Waals surface area contributed by atoms with Crippen LogP contribution in [0.3, 0.4) is 0 Å². The molecule has 1 heterocycles. The van der Waals surface area contributed by atoms with Crippen molar-refractivity contribution in [2.75, 3.05) is 5.75 Å². The van der Waals surface area contributed by atoms with Crippen LogP contribution in [0.25, 0.3) is 0 Å². The highest BCUT2D eigenvalue weighted by Crippen LogP contribution is 2.30. The van der Waals surface area contributed by atoms with Crippen molar-refractivity contribution in [2.24, 2.45) is 5.92 Å². The first-order valence-corrected chi connectivity index (χ1v) is 8.73. The molecule has 2 aliphatic rings. The summed E-state index contributed by atoms with van der Waals surface area (Å²) in [6.07, 6.45) is 11.5. The molecule has 1 nitrogen and oxygen atoms in total. The standard InChI is InChI=1S/C15H29NS/c1-3-14(13-8-5-4-6-9-13)16-15-10-7-11-17-12(15)2/h12-16H,3-11H2,1-2H3. The quantitative estimate of drug-likeness (QED) is 0.807. The molecular formula is C15H29NS. The Bertz CT molecular complexity index is 213. The number of nitrogens with one attached hydrogen (secondary N) is 1. The minimum absolute atomic E-state index is 0.778. The second-order valence-electron chi connectivity index (χ2n) is 5.90. The zero-order valence-electron chi connectivity index (χ0n) is 11.6. The van der Waals surface area contributed by atoms with Gasteiger partial charge in [0.25, 0.3) is 0 Å². The predicted octanol–water partition coefficient (Wildman–Crippen LogP) is 4.22. The van der Waals surface area contributed by atoms with Crippen molar-refractivity contribution in [1.29, 1.82) is 0 Å². The van der Waals surface area contributed by atoms with E-state index in [2.05, 4.69) is 30.9 Å². The lowest BCUT2D eigenvalue weighted by atomic mass is 9.82. The number of rotatable bonds is 4. The molecule has 0 amide bonds. The van der Waals surface area contributed by atoms with Gasteiger partial charge in [-0.15, -0.1) is 0 Å². The average molecular weight is 255 g/mol. The molecule has 0 radical (unpaired) electrons. The maximum absolute atomic E-state index is 4.00. The molecule has 2 fully saturated rings. The van der Waals surface area contributed by atoms with E-state index in [4.69, 9.17) is 0 Å². The van der Waals surface area contributed by atoms with E-state index in [0.29, 0.717) is 0 Å². The second kappa shape index (κ2) is 7.04. The summed E-state index contributed by atoms with van der Waals surface area (Å²) < 4.78 is 0. The summed E-state index contributed by atoms with van der Waals surface area (Å²) in [5.74, 6) is 2.34. The van der Waals surface area contributed by atoms with E-state index in [-0.39, 0.29) is 0 Å². The minimum atomic E-state index is 0.778.